The van der Waals surface area contributed by atoms with Crippen molar-refractivity contribution in [3.8, 4) is 5.75 Å². The fraction of sp³-hybridized carbons (Fsp3) is 0.462. The summed E-state index contributed by atoms with van der Waals surface area (Å²) in [7, 11) is 1.66. The zero-order valence-electron chi connectivity index (χ0n) is 9.77. The van der Waals surface area contributed by atoms with Crippen LogP contribution in [0.4, 0.5) is 0 Å². The monoisotopic (exact) mass is 219 g/mol. The van der Waals surface area contributed by atoms with Crippen molar-refractivity contribution in [2.45, 2.75) is 19.9 Å². The average molecular weight is 219 g/mol. The van der Waals surface area contributed by atoms with Crippen molar-refractivity contribution < 1.29 is 9.53 Å². The minimum atomic E-state index is 0.249. The van der Waals surface area contributed by atoms with Crippen molar-refractivity contribution in [1.82, 2.24) is 4.90 Å². The number of methoxy groups -OCH3 is 1. The summed E-state index contributed by atoms with van der Waals surface area (Å²) in [5, 5.41) is 0. The molecule has 1 fully saturated rings. The molecule has 1 aromatic rings. The number of ether oxygens (including phenoxy) is 1. The quantitative estimate of drug-likeness (QED) is 0.778. The van der Waals surface area contributed by atoms with Crippen molar-refractivity contribution >= 4 is 5.91 Å². The summed E-state index contributed by atoms with van der Waals surface area (Å²) in [6.07, 6.45) is 0.676. The number of amides is 1. The zero-order valence-corrected chi connectivity index (χ0v) is 9.77. The van der Waals surface area contributed by atoms with E-state index in [1.165, 1.54) is 0 Å². The Labute approximate surface area is 96.0 Å². The smallest absolute Gasteiger partial charge is 0.223 e. The van der Waals surface area contributed by atoms with Crippen LogP contribution in [0.25, 0.3) is 0 Å². The summed E-state index contributed by atoms with van der Waals surface area (Å²) in [4.78, 5) is 13.6. The Kier molecular flexibility index (Phi) is 3.13. The summed E-state index contributed by atoms with van der Waals surface area (Å²) in [6.45, 7) is 3.63. The Morgan fingerprint density at radius 1 is 1.44 bits per heavy atom. The van der Waals surface area contributed by atoms with E-state index in [0.717, 1.165) is 17.9 Å². The summed E-state index contributed by atoms with van der Waals surface area (Å²) >= 11 is 0. The van der Waals surface area contributed by atoms with Gasteiger partial charge in [0.1, 0.15) is 5.75 Å². The lowest BCUT2D eigenvalue weighted by atomic mass is 10.1. The molecule has 1 heterocycles. The molecule has 1 unspecified atom stereocenters. The summed E-state index contributed by atoms with van der Waals surface area (Å²) < 4.78 is 5.28. The number of hydrogen-bond donors (Lipinski definition) is 0. The van der Waals surface area contributed by atoms with Crippen LogP contribution >= 0.6 is 0 Å². The number of carbonyl (C=O) groups is 1. The molecular formula is C13H17NO2. The second-order valence-corrected chi connectivity index (χ2v) is 4.40. The van der Waals surface area contributed by atoms with Crippen LogP contribution in [0.3, 0.4) is 0 Å². The van der Waals surface area contributed by atoms with E-state index in [0.29, 0.717) is 18.9 Å². The number of benzene rings is 1. The first kappa shape index (κ1) is 11.0. The van der Waals surface area contributed by atoms with E-state index >= 15 is 0 Å². The summed E-state index contributed by atoms with van der Waals surface area (Å²) in [6, 6.07) is 7.85. The lowest BCUT2D eigenvalue weighted by molar-refractivity contribution is -0.128. The number of likely N-dealkylation sites (tertiary alicyclic amines) is 1. The minimum absolute atomic E-state index is 0.249. The van der Waals surface area contributed by atoms with E-state index in [2.05, 4.69) is 6.92 Å². The standard InChI is InChI=1S/C13H17NO2/c1-10-7-13(15)14(8-10)9-11-5-3-4-6-12(11)16-2/h3-6,10H,7-9H2,1-2H3. The largest absolute Gasteiger partial charge is 0.496 e. The van der Waals surface area contributed by atoms with Crippen LogP contribution < -0.4 is 4.74 Å². The number of carbonyl (C=O) groups excluding carboxylic acids is 1. The molecule has 0 spiro atoms. The van der Waals surface area contributed by atoms with Crippen LogP contribution in [0, 0.1) is 5.92 Å². The fourth-order valence-electron chi connectivity index (χ4n) is 2.16. The predicted octanol–water partition coefficient (Wildman–Crippen LogP) is 2.06. The van der Waals surface area contributed by atoms with Gasteiger partial charge < -0.3 is 9.64 Å². The summed E-state index contributed by atoms with van der Waals surface area (Å²) in [5.41, 5.74) is 1.08. The molecule has 0 N–H and O–H groups in total. The molecule has 1 aromatic carbocycles. The molecule has 1 atom stereocenters. The van der Waals surface area contributed by atoms with Crippen LogP contribution in [0.15, 0.2) is 24.3 Å². The van der Waals surface area contributed by atoms with E-state index in [1.807, 2.05) is 29.2 Å². The second-order valence-electron chi connectivity index (χ2n) is 4.40. The Balaban J connectivity index is 2.12. The molecular weight excluding hydrogens is 202 g/mol. The minimum Gasteiger partial charge on any atom is -0.496 e. The molecule has 0 aliphatic carbocycles. The first-order chi connectivity index (χ1) is 7.70. The molecule has 86 valence electrons. The van der Waals surface area contributed by atoms with Gasteiger partial charge in [0.05, 0.1) is 7.11 Å². The molecule has 2 rings (SSSR count). The lowest BCUT2D eigenvalue weighted by Gasteiger charge is -2.17. The van der Waals surface area contributed by atoms with Gasteiger partial charge in [-0.1, -0.05) is 25.1 Å². The first-order valence-corrected chi connectivity index (χ1v) is 5.60. The van der Waals surface area contributed by atoms with Gasteiger partial charge in [-0.2, -0.15) is 0 Å². The molecule has 1 amide bonds. The van der Waals surface area contributed by atoms with Gasteiger partial charge in [0.25, 0.3) is 0 Å². The van der Waals surface area contributed by atoms with E-state index in [-0.39, 0.29) is 5.91 Å². The van der Waals surface area contributed by atoms with Crippen molar-refractivity contribution in [2.24, 2.45) is 5.92 Å². The highest BCUT2D eigenvalue weighted by Gasteiger charge is 2.26. The lowest BCUT2D eigenvalue weighted by Crippen LogP contribution is -2.24. The highest BCUT2D eigenvalue weighted by molar-refractivity contribution is 5.78. The first-order valence-electron chi connectivity index (χ1n) is 5.60. The Hall–Kier alpha value is -1.51. The predicted molar refractivity (Wildman–Crippen MR) is 62.2 cm³/mol. The maximum atomic E-state index is 11.7. The molecule has 1 aliphatic heterocycles. The Bertz CT molecular complexity index is 389. The van der Waals surface area contributed by atoms with Gasteiger partial charge in [0.2, 0.25) is 5.91 Å². The van der Waals surface area contributed by atoms with Crippen molar-refractivity contribution in [1.29, 1.82) is 0 Å². The fourth-order valence-corrected chi connectivity index (χ4v) is 2.16. The molecule has 0 saturated carbocycles. The number of hydrogen-bond acceptors (Lipinski definition) is 2. The van der Waals surface area contributed by atoms with Gasteiger partial charge in [-0.05, 0) is 12.0 Å². The zero-order chi connectivity index (χ0) is 11.5. The van der Waals surface area contributed by atoms with E-state index in [4.69, 9.17) is 4.74 Å². The van der Waals surface area contributed by atoms with Crippen molar-refractivity contribution in [2.75, 3.05) is 13.7 Å². The SMILES string of the molecule is COc1ccccc1CN1CC(C)CC1=O. The molecule has 3 nitrogen and oxygen atoms in total. The normalized spacial score (nSPS) is 20.2. The molecule has 3 heteroatoms. The van der Waals surface area contributed by atoms with Crippen LogP contribution in [-0.2, 0) is 11.3 Å². The third-order valence-corrected chi connectivity index (χ3v) is 2.96. The van der Waals surface area contributed by atoms with Crippen LogP contribution in [0.2, 0.25) is 0 Å². The van der Waals surface area contributed by atoms with Gasteiger partial charge in [0.15, 0.2) is 0 Å². The Morgan fingerprint density at radius 3 is 2.81 bits per heavy atom. The van der Waals surface area contributed by atoms with Crippen LogP contribution in [-0.4, -0.2) is 24.5 Å². The number of para-hydroxylation sites is 1. The molecule has 0 radical (unpaired) electrons. The van der Waals surface area contributed by atoms with Crippen LogP contribution in [0.5, 0.6) is 5.75 Å². The van der Waals surface area contributed by atoms with Gasteiger partial charge >= 0.3 is 0 Å². The topological polar surface area (TPSA) is 29.5 Å². The number of rotatable bonds is 3. The van der Waals surface area contributed by atoms with Gasteiger partial charge in [-0.15, -0.1) is 0 Å². The molecule has 16 heavy (non-hydrogen) atoms. The van der Waals surface area contributed by atoms with E-state index in [9.17, 15) is 4.79 Å². The van der Waals surface area contributed by atoms with Gasteiger partial charge in [-0.3, -0.25) is 4.79 Å². The van der Waals surface area contributed by atoms with Crippen molar-refractivity contribution in [3.63, 3.8) is 0 Å². The second kappa shape index (κ2) is 4.56. The highest BCUT2D eigenvalue weighted by atomic mass is 16.5. The van der Waals surface area contributed by atoms with E-state index in [1.54, 1.807) is 7.11 Å². The third-order valence-electron chi connectivity index (χ3n) is 2.96. The third kappa shape index (κ3) is 2.18. The Morgan fingerprint density at radius 2 is 2.19 bits per heavy atom. The van der Waals surface area contributed by atoms with Gasteiger partial charge in [-0.25, -0.2) is 0 Å². The highest BCUT2D eigenvalue weighted by Crippen LogP contribution is 2.24. The summed E-state index contributed by atoms with van der Waals surface area (Å²) in [5.74, 6) is 1.58. The molecule has 1 aliphatic rings. The van der Waals surface area contributed by atoms with Crippen molar-refractivity contribution in [3.05, 3.63) is 29.8 Å². The maximum absolute atomic E-state index is 11.7. The van der Waals surface area contributed by atoms with Crippen LogP contribution in [0.1, 0.15) is 18.9 Å². The maximum Gasteiger partial charge on any atom is 0.223 e. The average Bonchev–Trinajstić information content (AvgIpc) is 2.58. The van der Waals surface area contributed by atoms with Gasteiger partial charge in [0, 0.05) is 25.1 Å². The molecule has 1 saturated heterocycles. The molecule has 0 bridgehead atoms. The number of nitrogens with zero attached hydrogens (tertiary/aromatic N) is 1. The van der Waals surface area contributed by atoms with E-state index < -0.39 is 0 Å². The molecule has 0 aromatic heterocycles.